The van der Waals surface area contributed by atoms with Crippen molar-refractivity contribution in [2.75, 3.05) is 7.11 Å². The first-order valence-corrected chi connectivity index (χ1v) is 7.67. The van der Waals surface area contributed by atoms with E-state index in [9.17, 15) is 0 Å². The second-order valence-electron chi connectivity index (χ2n) is 3.69. The second-order valence-corrected chi connectivity index (χ2v) is 7.34. The van der Waals surface area contributed by atoms with Crippen molar-refractivity contribution in [3.63, 3.8) is 0 Å². The van der Waals surface area contributed by atoms with Crippen LogP contribution < -0.4 is 4.43 Å². The lowest BCUT2D eigenvalue weighted by Gasteiger charge is -2.24. The molecule has 14 heavy (non-hydrogen) atoms. The van der Waals surface area contributed by atoms with Gasteiger partial charge in [0.15, 0.2) is 6.61 Å². The van der Waals surface area contributed by atoms with E-state index in [1.807, 2.05) is 7.11 Å². The Morgan fingerprint density at radius 2 is 1.79 bits per heavy atom. The third kappa shape index (κ3) is 2.85. The molecule has 0 aliphatic rings. The van der Waals surface area contributed by atoms with E-state index in [-0.39, 0.29) is 0 Å². The van der Waals surface area contributed by atoms with Crippen LogP contribution in [-0.2, 0) is 6.61 Å². The van der Waals surface area contributed by atoms with Crippen LogP contribution >= 0.6 is 0 Å². The van der Waals surface area contributed by atoms with Crippen LogP contribution in [0, 0.1) is 0 Å². The monoisotopic (exact) mass is 207 g/mol. The summed E-state index contributed by atoms with van der Waals surface area (Å²) in [6.07, 6.45) is 0. The zero-order valence-corrected chi connectivity index (χ0v) is 10.6. The van der Waals surface area contributed by atoms with Crippen molar-refractivity contribution in [3.8, 4) is 0 Å². The summed E-state index contributed by atoms with van der Waals surface area (Å²) in [6.45, 7) is 5.53. The standard InChI is InChI=1S/C8H9O.2C2H5.Al/c1-9-7-8-5-3-2-4-6-8;2*1-2;/h2-5H,7H2,1H3;2*1H2,2H3;/q;;;-1/p+1. The summed E-state index contributed by atoms with van der Waals surface area (Å²) >= 11 is -0.681. The molecule has 0 spiro atoms. The molecule has 0 aromatic heterocycles. The maximum Gasteiger partial charge on any atom is 0.167 e. The molecule has 0 fully saturated rings. The molecule has 0 heterocycles. The van der Waals surface area contributed by atoms with Gasteiger partial charge in [-0.1, -0.05) is 18.2 Å². The highest BCUT2D eigenvalue weighted by atomic mass is 27.2. The minimum atomic E-state index is -0.681. The highest BCUT2D eigenvalue weighted by molar-refractivity contribution is 6.73. The van der Waals surface area contributed by atoms with Crippen LogP contribution in [-0.4, -0.2) is 26.0 Å². The molecular formula is C12H20AlO. The summed E-state index contributed by atoms with van der Waals surface area (Å²) in [6, 6.07) is 8.83. The molecule has 1 rings (SSSR count). The Bertz CT molecular complexity index is 269. The fourth-order valence-electron chi connectivity index (χ4n) is 1.98. The molecule has 0 bridgehead atoms. The van der Waals surface area contributed by atoms with E-state index >= 15 is 0 Å². The predicted octanol–water partition coefficient (Wildman–Crippen LogP) is 2.09. The maximum absolute atomic E-state index is 4.24. The van der Waals surface area contributed by atoms with E-state index in [1.54, 1.807) is 4.43 Å². The van der Waals surface area contributed by atoms with Crippen molar-refractivity contribution < 1.29 is 4.74 Å². The summed E-state index contributed by atoms with van der Waals surface area (Å²) in [5, 5.41) is 2.72. The molecule has 0 saturated carbocycles. The number of benzene rings is 1. The third-order valence-electron chi connectivity index (χ3n) is 2.81. The van der Waals surface area contributed by atoms with E-state index < -0.39 is 14.1 Å². The van der Waals surface area contributed by atoms with Crippen LogP contribution in [0.25, 0.3) is 0 Å². The Balaban J connectivity index is 2.92. The summed E-state index contributed by atoms with van der Waals surface area (Å²) in [7, 11) is 1.89. The molecule has 0 aliphatic carbocycles. The maximum atomic E-state index is 4.24. The first kappa shape index (κ1) is 11.8. The topological polar surface area (TPSA) is 12.8 Å². The van der Waals surface area contributed by atoms with Gasteiger partial charge in [-0.2, -0.15) is 0 Å². The van der Waals surface area contributed by atoms with Gasteiger partial charge in [0.25, 0.3) is 0 Å². The smallest absolute Gasteiger partial charge is 0.167 e. The van der Waals surface area contributed by atoms with E-state index in [0.717, 1.165) is 6.61 Å². The SMILES string of the molecule is C[CH2][Al-]([CH2]C)[c]1ccccc1C[OH+]C. The number of hydrogen-bond acceptors (Lipinski definition) is 0. The van der Waals surface area contributed by atoms with Gasteiger partial charge >= 0.3 is 0 Å². The first-order chi connectivity index (χ1) is 6.83. The molecular weight excluding hydrogens is 187 g/mol. The molecule has 1 aromatic carbocycles. The lowest BCUT2D eigenvalue weighted by Crippen LogP contribution is -2.31. The Morgan fingerprint density at radius 3 is 2.36 bits per heavy atom. The average molecular weight is 207 g/mol. The van der Waals surface area contributed by atoms with Crippen LogP contribution in [0.3, 0.4) is 0 Å². The van der Waals surface area contributed by atoms with Crippen molar-refractivity contribution in [2.45, 2.75) is 31.0 Å². The van der Waals surface area contributed by atoms with Gasteiger partial charge in [0.2, 0.25) is 0 Å². The van der Waals surface area contributed by atoms with Gasteiger partial charge in [0, 0.05) is 14.1 Å². The van der Waals surface area contributed by atoms with Crippen molar-refractivity contribution >= 4 is 18.6 Å². The van der Waals surface area contributed by atoms with Crippen LogP contribution in [0.15, 0.2) is 24.3 Å². The Morgan fingerprint density at radius 1 is 1.14 bits per heavy atom. The fourth-order valence-corrected chi connectivity index (χ4v) is 4.53. The van der Waals surface area contributed by atoms with Crippen molar-refractivity contribution in [1.29, 1.82) is 0 Å². The quantitative estimate of drug-likeness (QED) is 0.518. The van der Waals surface area contributed by atoms with Crippen LogP contribution in [0.4, 0.5) is 0 Å². The van der Waals surface area contributed by atoms with Gasteiger partial charge in [-0.25, -0.2) is 10.6 Å². The number of hydrogen-bond donors (Lipinski definition) is 0. The molecule has 0 aliphatic heterocycles. The highest BCUT2D eigenvalue weighted by Crippen LogP contribution is 2.05. The van der Waals surface area contributed by atoms with Crippen molar-refractivity contribution in [1.82, 2.24) is 0 Å². The van der Waals surface area contributed by atoms with E-state index in [1.165, 1.54) is 16.1 Å². The molecule has 1 N–H and O–H groups in total. The lowest BCUT2D eigenvalue weighted by molar-refractivity contribution is -0.000357. The number of rotatable bonds is 5. The molecule has 0 atom stereocenters. The fraction of sp³-hybridized carbons (Fsp3) is 0.500. The van der Waals surface area contributed by atoms with E-state index in [4.69, 9.17) is 0 Å². The lowest BCUT2D eigenvalue weighted by atomic mass is 10.2. The normalized spacial score (nSPS) is 10.9. The van der Waals surface area contributed by atoms with Gasteiger partial charge in [-0.3, -0.25) is 4.43 Å². The van der Waals surface area contributed by atoms with Crippen molar-refractivity contribution in [3.05, 3.63) is 29.8 Å². The molecule has 1 radical (unpaired) electrons. The molecule has 0 saturated heterocycles. The van der Waals surface area contributed by atoms with Gasteiger partial charge < -0.3 is 4.74 Å². The van der Waals surface area contributed by atoms with Crippen LogP contribution in [0.2, 0.25) is 10.6 Å². The molecule has 77 valence electrons. The third-order valence-corrected chi connectivity index (χ3v) is 6.22. The summed E-state index contributed by atoms with van der Waals surface area (Å²) < 4.78 is 5.87. The molecule has 2 heteroatoms. The Kier molecular flexibility index (Phi) is 5.26. The molecule has 1 aromatic rings. The molecule has 0 unspecified atom stereocenters. The first-order valence-electron chi connectivity index (χ1n) is 5.46. The summed E-state index contributed by atoms with van der Waals surface area (Å²) in [5.74, 6) is 0. The van der Waals surface area contributed by atoms with Gasteiger partial charge in [0.1, 0.15) is 7.11 Å². The molecule has 0 amide bonds. The Hall–Kier alpha value is -0.288. The average Bonchev–Trinajstić information content (AvgIpc) is 2.23. The van der Waals surface area contributed by atoms with E-state index in [2.05, 4.69) is 42.8 Å². The Labute approximate surface area is 91.5 Å². The number of aliphatic hydroxyl groups is 2. The van der Waals surface area contributed by atoms with E-state index in [0.29, 0.717) is 0 Å². The molecule has 1 nitrogen and oxygen atoms in total. The minimum absolute atomic E-state index is 0.681. The number of ether oxygens (including phenoxy) is 1. The minimum Gasteiger partial charge on any atom is -0.432 e. The largest absolute Gasteiger partial charge is 0.432 e. The summed E-state index contributed by atoms with van der Waals surface area (Å²) in [5.41, 5.74) is 1.45. The second kappa shape index (κ2) is 6.24. The van der Waals surface area contributed by atoms with Gasteiger partial charge in [-0.15, -0.1) is 19.9 Å². The van der Waals surface area contributed by atoms with Crippen LogP contribution in [0.1, 0.15) is 19.4 Å². The van der Waals surface area contributed by atoms with Crippen molar-refractivity contribution in [2.24, 2.45) is 0 Å². The summed E-state index contributed by atoms with van der Waals surface area (Å²) in [4.78, 5) is 0. The zero-order chi connectivity index (χ0) is 10.4. The predicted molar refractivity (Wildman–Crippen MR) is 64.6 cm³/mol. The van der Waals surface area contributed by atoms with Gasteiger partial charge in [0.05, 0.1) is 0 Å². The zero-order valence-electron chi connectivity index (χ0n) is 9.46. The highest BCUT2D eigenvalue weighted by Gasteiger charge is 2.04. The van der Waals surface area contributed by atoms with Gasteiger partial charge in [-0.05, 0) is 5.56 Å². The van der Waals surface area contributed by atoms with Crippen LogP contribution in [0.5, 0.6) is 0 Å².